The third-order valence-corrected chi connectivity index (χ3v) is 8.50. The maximum Gasteiger partial charge on any atom is 0.223 e. The van der Waals surface area contributed by atoms with Gasteiger partial charge in [0.1, 0.15) is 17.0 Å². The van der Waals surface area contributed by atoms with Crippen molar-refractivity contribution < 1.29 is 9.59 Å². The van der Waals surface area contributed by atoms with Crippen molar-refractivity contribution in [3.63, 3.8) is 0 Å². The number of thiophene rings is 1. The fourth-order valence-corrected chi connectivity index (χ4v) is 6.66. The van der Waals surface area contributed by atoms with Crippen LogP contribution in [0.3, 0.4) is 0 Å². The van der Waals surface area contributed by atoms with Crippen molar-refractivity contribution in [1.29, 1.82) is 0 Å². The molecule has 31 heavy (non-hydrogen) atoms. The van der Waals surface area contributed by atoms with E-state index in [-0.39, 0.29) is 16.9 Å². The molecule has 0 bridgehead atoms. The minimum Gasteiger partial charge on any atom is -0.356 e. The molecule has 2 aliphatic carbocycles. The predicted octanol–water partition coefficient (Wildman–Crippen LogP) is 4.24. The van der Waals surface area contributed by atoms with Gasteiger partial charge in [-0.25, -0.2) is 9.97 Å². The number of aryl methyl sites for hydroxylation is 1. The Bertz CT molecular complexity index is 1220. The van der Waals surface area contributed by atoms with Crippen LogP contribution in [0.15, 0.2) is 29.4 Å². The summed E-state index contributed by atoms with van der Waals surface area (Å²) in [6, 6.07) is 6.05. The number of fused-ring (bicyclic) bond motifs is 4. The fourth-order valence-electron chi connectivity index (χ4n) is 4.46. The summed E-state index contributed by atoms with van der Waals surface area (Å²) in [6.45, 7) is 0.832. The largest absolute Gasteiger partial charge is 0.356 e. The molecule has 6 nitrogen and oxygen atoms in total. The number of anilines is 2. The Balaban J connectivity index is 1.26. The first kappa shape index (κ1) is 19.3. The van der Waals surface area contributed by atoms with E-state index < -0.39 is 0 Å². The van der Waals surface area contributed by atoms with Gasteiger partial charge in [-0.15, -0.1) is 11.3 Å². The molecule has 1 saturated carbocycles. The van der Waals surface area contributed by atoms with Crippen LogP contribution < -0.4 is 10.6 Å². The van der Waals surface area contributed by atoms with E-state index in [4.69, 9.17) is 0 Å². The summed E-state index contributed by atoms with van der Waals surface area (Å²) in [5.74, 6) is 1.75. The number of carbonyl (C=O) groups excluding carboxylic acids is 2. The van der Waals surface area contributed by atoms with E-state index >= 15 is 0 Å². The maximum atomic E-state index is 12.6. The molecule has 0 radical (unpaired) electrons. The average molecular weight is 451 g/mol. The number of aromatic nitrogens is 2. The Morgan fingerprint density at radius 1 is 1.19 bits per heavy atom. The van der Waals surface area contributed by atoms with Gasteiger partial charge in [0.05, 0.1) is 5.39 Å². The fraction of sp³-hybridized carbons (Fsp3) is 0.391. The molecule has 6 rings (SSSR count). The molecule has 158 valence electrons. The summed E-state index contributed by atoms with van der Waals surface area (Å²) in [5.41, 5.74) is 3.29. The average Bonchev–Trinajstić information content (AvgIpc) is 3.41. The van der Waals surface area contributed by atoms with Gasteiger partial charge in [-0.05, 0) is 61.3 Å². The maximum absolute atomic E-state index is 12.6. The number of nitrogens with one attached hydrogen (secondary N) is 2. The molecule has 1 aromatic carbocycles. The normalized spacial score (nSPS) is 19.9. The molecule has 1 fully saturated rings. The molecule has 1 amide bonds. The SMILES string of the molecule is O=C1Cc2ccc(Nc3ncnc4sc5c(c34)CCC(C(=O)NCC3CC3)C5)cc2S1. The molecule has 3 aliphatic rings. The van der Waals surface area contributed by atoms with Crippen LogP contribution in [0.2, 0.25) is 0 Å². The van der Waals surface area contributed by atoms with E-state index in [2.05, 4.69) is 20.6 Å². The van der Waals surface area contributed by atoms with E-state index in [1.54, 1.807) is 17.7 Å². The van der Waals surface area contributed by atoms with E-state index in [0.717, 1.165) is 58.0 Å². The van der Waals surface area contributed by atoms with Gasteiger partial charge in [-0.3, -0.25) is 9.59 Å². The van der Waals surface area contributed by atoms with Crippen LogP contribution in [0.1, 0.15) is 35.3 Å². The highest BCUT2D eigenvalue weighted by Gasteiger charge is 2.30. The summed E-state index contributed by atoms with van der Waals surface area (Å²) in [5, 5.41) is 7.87. The topological polar surface area (TPSA) is 84.0 Å². The number of thioether (sulfide) groups is 1. The molecular formula is C23H22N4O2S2. The smallest absolute Gasteiger partial charge is 0.223 e. The third kappa shape index (κ3) is 3.72. The molecule has 0 spiro atoms. The van der Waals surface area contributed by atoms with Gasteiger partial charge < -0.3 is 10.6 Å². The van der Waals surface area contributed by atoms with Crippen molar-refractivity contribution in [2.75, 3.05) is 11.9 Å². The number of benzene rings is 1. The third-order valence-electron chi connectivity index (χ3n) is 6.37. The summed E-state index contributed by atoms with van der Waals surface area (Å²) < 4.78 is 0. The Morgan fingerprint density at radius 3 is 2.97 bits per heavy atom. The summed E-state index contributed by atoms with van der Waals surface area (Å²) in [7, 11) is 0. The zero-order valence-corrected chi connectivity index (χ0v) is 18.6. The van der Waals surface area contributed by atoms with Crippen LogP contribution in [-0.2, 0) is 28.9 Å². The van der Waals surface area contributed by atoms with Gasteiger partial charge in [0.25, 0.3) is 0 Å². The van der Waals surface area contributed by atoms with Crippen molar-refractivity contribution in [2.24, 2.45) is 11.8 Å². The number of amides is 1. The second-order valence-electron chi connectivity index (χ2n) is 8.63. The van der Waals surface area contributed by atoms with Crippen LogP contribution in [0.4, 0.5) is 11.5 Å². The molecule has 3 heterocycles. The van der Waals surface area contributed by atoms with Crippen LogP contribution in [0.5, 0.6) is 0 Å². The van der Waals surface area contributed by atoms with Crippen LogP contribution in [-0.4, -0.2) is 27.5 Å². The van der Waals surface area contributed by atoms with Gasteiger partial charge in [0, 0.05) is 34.3 Å². The van der Waals surface area contributed by atoms with E-state index in [1.165, 1.54) is 35.0 Å². The van der Waals surface area contributed by atoms with Crippen LogP contribution >= 0.6 is 23.1 Å². The number of hydrogen-bond acceptors (Lipinski definition) is 7. The first-order valence-electron chi connectivity index (χ1n) is 10.8. The second-order valence-corrected chi connectivity index (χ2v) is 10.8. The number of hydrogen-bond donors (Lipinski definition) is 2. The lowest BCUT2D eigenvalue weighted by molar-refractivity contribution is -0.125. The van der Waals surface area contributed by atoms with Gasteiger partial charge in [-0.2, -0.15) is 0 Å². The number of rotatable bonds is 5. The molecule has 1 unspecified atom stereocenters. The summed E-state index contributed by atoms with van der Waals surface area (Å²) >= 11 is 2.99. The lowest BCUT2D eigenvalue weighted by Crippen LogP contribution is -2.34. The van der Waals surface area contributed by atoms with Crippen LogP contribution in [0.25, 0.3) is 10.2 Å². The molecule has 8 heteroatoms. The minimum absolute atomic E-state index is 0.0509. The lowest BCUT2D eigenvalue weighted by atomic mass is 9.87. The molecular weight excluding hydrogens is 428 g/mol. The first-order chi connectivity index (χ1) is 15.1. The van der Waals surface area contributed by atoms with Gasteiger partial charge in [0.2, 0.25) is 5.91 Å². The van der Waals surface area contributed by atoms with E-state index in [0.29, 0.717) is 12.3 Å². The predicted molar refractivity (Wildman–Crippen MR) is 123 cm³/mol. The Kier molecular flexibility index (Phi) is 4.72. The lowest BCUT2D eigenvalue weighted by Gasteiger charge is -2.22. The van der Waals surface area contributed by atoms with E-state index in [9.17, 15) is 9.59 Å². The highest BCUT2D eigenvalue weighted by molar-refractivity contribution is 8.14. The zero-order chi connectivity index (χ0) is 20.9. The van der Waals surface area contributed by atoms with Gasteiger partial charge >= 0.3 is 0 Å². The van der Waals surface area contributed by atoms with E-state index in [1.807, 2.05) is 18.2 Å². The first-order valence-corrected chi connectivity index (χ1v) is 12.4. The van der Waals surface area contributed by atoms with Crippen molar-refractivity contribution in [1.82, 2.24) is 15.3 Å². The van der Waals surface area contributed by atoms with Gasteiger partial charge in [0.15, 0.2) is 5.12 Å². The van der Waals surface area contributed by atoms with Gasteiger partial charge in [-0.1, -0.05) is 17.8 Å². The van der Waals surface area contributed by atoms with Crippen molar-refractivity contribution in [2.45, 2.75) is 43.4 Å². The summed E-state index contributed by atoms with van der Waals surface area (Å²) in [6.07, 6.45) is 7.11. The molecule has 1 aliphatic heterocycles. The molecule has 2 N–H and O–H groups in total. The molecule has 0 saturated heterocycles. The number of carbonyl (C=O) groups is 2. The summed E-state index contributed by atoms with van der Waals surface area (Å²) in [4.78, 5) is 36.6. The highest BCUT2D eigenvalue weighted by Crippen LogP contribution is 2.41. The quantitative estimate of drug-likeness (QED) is 0.605. The Hall–Kier alpha value is -2.45. The van der Waals surface area contributed by atoms with Crippen LogP contribution in [0, 0.1) is 11.8 Å². The molecule has 2 aromatic heterocycles. The molecule has 1 atom stereocenters. The standard InChI is InChI=1S/C23H22N4O2S2/c28-19-8-13-3-5-15(9-17(13)30-19)27-21-20-16-6-4-14(22(29)24-10-12-1-2-12)7-18(16)31-23(20)26-11-25-21/h3,5,9,11-12,14H,1-2,4,6-8,10H2,(H,24,29)(H,25,26,27). The van der Waals surface area contributed by atoms with Crippen molar-refractivity contribution in [3.05, 3.63) is 40.5 Å². The monoisotopic (exact) mass is 450 g/mol. The Morgan fingerprint density at radius 2 is 2.10 bits per heavy atom. The Labute approximate surface area is 188 Å². The van der Waals surface area contributed by atoms with Crippen molar-refractivity contribution in [3.8, 4) is 0 Å². The second kappa shape index (κ2) is 7.60. The molecule has 3 aromatic rings. The number of nitrogens with zero attached hydrogens (tertiary/aromatic N) is 2. The van der Waals surface area contributed by atoms with Crippen molar-refractivity contribution >= 4 is 55.8 Å². The minimum atomic E-state index is 0.0509. The zero-order valence-electron chi connectivity index (χ0n) is 16.9. The highest BCUT2D eigenvalue weighted by atomic mass is 32.2.